The number of nitrogens with zero attached hydrogens (tertiary/aromatic N) is 3. The molecule has 2 rings (SSSR count). The Morgan fingerprint density at radius 3 is 2.61 bits per heavy atom. The number of aromatic nitrogens is 2. The maximum absolute atomic E-state index is 12.4. The van der Waals surface area contributed by atoms with E-state index in [0.717, 1.165) is 19.4 Å². The lowest BCUT2D eigenvalue weighted by Crippen LogP contribution is -2.56. The Balaban J connectivity index is 0.00000144. The molecule has 18 heavy (non-hydrogen) atoms. The molecule has 1 aliphatic rings. The standard InChI is InChI=1S/C11H18N4O.2ClH/c1-14(2)10(16)11(4-3-5-12-8-11)15-7-6-13-9-15;;/h6-7,9,12H,3-5,8H2,1-2H3;2*1H. The molecule has 104 valence electrons. The van der Waals surface area contributed by atoms with Crippen molar-refractivity contribution < 1.29 is 4.79 Å². The fourth-order valence-corrected chi connectivity index (χ4v) is 2.33. The SMILES string of the molecule is CN(C)C(=O)C1(n2ccnc2)CCCNC1.Cl.Cl. The molecule has 0 aromatic carbocycles. The van der Waals surface area contributed by atoms with Crippen LogP contribution in [0.2, 0.25) is 0 Å². The molecular weight excluding hydrogens is 275 g/mol. The summed E-state index contributed by atoms with van der Waals surface area (Å²) in [5.74, 6) is 0.137. The minimum absolute atomic E-state index is 0. The van der Waals surface area contributed by atoms with Crippen LogP contribution in [0, 0.1) is 0 Å². The van der Waals surface area contributed by atoms with Crippen molar-refractivity contribution in [2.75, 3.05) is 27.2 Å². The molecule has 1 saturated heterocycles. The quantitative estimate of drug-likeness (QED) is 0.882. The molecule has 0 spiro atoms. The first kappa shape index (κ1) is 17.2. The summed E-state index contributed by atoms with van der Waals surface area (Å²) in [6, 6.07) is 0. The highest BCUT2D eigenvalue weighted by atomic mass is 35.5. The zero-order valence-corrected chi connectivity index (χ0v) is 12.3. The van der Waals surface area contributed by atoms with Crippen molar-refractivity contribution in [3.63, 3.8) is 0 Å². The zero-order valence-electron chi connectivity index (χ0n) is 10.6. The predicted molar refractivity (Wildman–Crippen MR) is 75.5 cm³/mol. The summed E-state index contributed by atoms with van der Waals surface area (Å²) in [5, 5.41) is 3.30. The third-order valence-corrected chi connectivity index (χ3v) is 3.16. The molecule has 1 N–H and O–H groups in total. The highest BCUT2D eigenvalue weighted by Gasteiger charge is 2.41. The molecule has 0 saturated carbocycles. The fraction of sp³-hybridized carbons (Fsp3) is 0.636. The second-order valence-electron chi connectivity index (χ2n) is 4.48. The number of likely N-dealkylation sites (N-methyl/N-ethyl adjacent to an activating group) is 1. The second kappa shape index (κ2) is 6.97. The van der Waals surface area contributed by atoms with Crippen molar-refractivity contribution in [2.45, 2.75) is 18.4 Å². The van der Waals surface area contributed by atoms with E-state index in [1.807, 2.05) is 10.8 Å². The Labute approximate surface area is 120 Å². The Bertz CT molecular complexity index is 361. The average Bonchev–Trinajstić information content (AvgIpc) is 2.82. The lowest BCUT2D eigenvalue weighted by atomic mass is 9.88. The number of rotatable bonds is 2. The van der Waals surface area contributed by atoms with Crippen molar-refractivity contribution in [3.8, 4) is 0 Å². The monoisotopic (exact) mass is 294 g/mol. The Hall–Kier alpha value is -0.780. The Kier molecular flexibility index (Phi) is 6.67. The summed E-state index contributed by atoms with van der Waals surface area (Å²) in [6.07, 6.45) is 7.20. The third kappa shape index (κ3) is 2.96. The maximum Gasteiger partial charge on any atom is 0.249 e. The van der Waals surface area contributed by atoms with E-state index < -0.39 is 5.54 Å². The van der Waals surface area contributed by atoms with Gasteiger partial charge in [-0.25, -0.2) is 4.98 Å². The molecule has 0 bridgehead atoms. The van der Waals surface area contributed by atoms with E-state index in [2.05, 4.69) is 10.3 Å². The highest BCUT2D eigenvalue weighted by Crippen LogP contribution is 2.26. The number of hydrogen-bond acceptors (Lipinski definition) is 3. The summed E-state index contributed by atoms with van der Waals surface area (Å²) >= 11 is 0. The van der Waals surface area contributed by atoms with Gasteiger partial charge >= 0.3 is 0 Å². The van der Waals surface area contributed by atoms with Gasteiger partial charge < -0.3 is 14.8 Å². The molecule has 1 atom stereocenters. The molecule has 1 fully saturated rings. The van der Waals surface area contributed by atoms with E-state index in [1.54, 1.807) is 31.5 Å². The van der Waals surface area contributed by atoms with Gasteiger partial charge in [-0.05, 0) is 19.4 Å². The van der Waals surface area contributed by atoms with Crippen molar-refractivity contribution in [1.29, 1.82) is 0 Å². The first-order valence-electron chi connectivity index (χ1n) is 5.58. The molecule has 0 radical (unpaired) electrons. The average molecular weight is 295 g/mol. The smallest absolute Gasteiger partial charge is 0.249 e. The van der Waals surface area contributed by atoms with Crippen LogP contribution < -0.4 is 5.32 Å². The van der Waals surface area contributed by atoms with Gasteiger partial charge in [-0.15, -0.1) is 24.8 Å². The predicted octanol–water partition coefficient (Wildman–Crippen LogP) is 0.894. The van der Waals surface area contributed by atoms with Gasteiger partial charge in [-0.1, -0.05) is 0 Å². The van der Waals surface area contributed by atoms with Gasteiger partial charge in [0.15, 0.2) is 0 Å². The number of imidazole rings is 1. The minimum Gasteiger partial charge on any atom is -0.347 e. The van der Waals surface area contributed by atoms with Gasteiger partial charge in [0.25, 0.3) is 0 Å². The van der Waals surface area contributed by atoms with Crippen LogP contribution in [-0.4, -0.2) is 47.5 Å². The largest absolute Gasteiger partial charge is 0.347 e. The van der Waals surface area contributed by atoms with Crippen LogP contribution in [0.15, 0.2) is 18.7 Å². The maximum atomic E-state index is 12.4. The molecule has 1 aromatic rings. The van der Waals surface area contributed by atoms with E-state index in [9.17, 15) is 4.79 Å². The van der Waals surface area contributed by atoms with Crippen LogP contribution in [0.5, 0.6) is 0 Å². The summed E-state index contributed by atoms with van der Waals surface area (Å²) < 4.78 is 1.93. The zero-order chi connectivity index (χ0) is 11.6. The topological polar surface area (TPSA) is 50.2 Å². The normalized spacial score (nSPS) is 22.6. The summed E-state index contributed by atoms with van der Waals surface area (Å²) in [5.41, 5.74) is -0.488. The molecule has 1 aromatic heterocycles. The molecule has 1 amide bonds. The van der Waals surface area contributed by atoms with Crippen molar-refractivity contribution in [3.05, 3.63) is 18.7 Å². The van der Waals surface area contributed by atoms with E-state index >= 15 is 0 Å². The van der Waals surface area contributed by atoms with E-state index in [-0.39, 0.29) is 30.7 Å². The van der Waals surface area contributed by atoms with Crippen molar-refractivity contribution >= 4 is 30.7 Å². The first-order valence-corrected chi connectivity index (χ1v) is 5.58. The molecule has 0 aliphatic carbocycles. The lowest BCUT2D eigenvalue weighted by molar-refractivity contribution is -0.139. The Morgan fingerprint density at radius 1 is 1.44 bits per heavy atom. The molecule has 1 aliphatic heterocycles. The molecule has 7 heteroatoms. The number of halogens is 2. The molecule has 5 nitrogen and oxygen atoms in total. The van der Waals surface area contributed by atoms with Gasteiger partial charge in [-0.2, -0.15) is 0 Å². The van der Waals surface area contributed by atoms with Crippen molar-refractivity contribution in [1.82, 2.24) is 19.8 Å². The van der Waals surface area contributed by atoms with Gasteiger partial charge in [0.1, 0.15) is 5.54 Å². The Morgan fingerprint density at radius 2 is 2.17 bits per heavy atom. The number of amides is 1. The molecule has 1 unspecified atom stereocenters. The summed E-state index contributed by atoms with van der Waals surface area (Å²) in [6.45, 7) is 1.66. The third-order valence-electron chi connectivity index (χ3n) is 3.16. The second-order valence-corrected chi connectivity index (χ2v) is 4.48. The number of carbonyl (C=O) groups excluding carboxylic acids is 1. The highest BCUT2D eigenvalue weighted by molar-refractivity contribution is 5.85. The van der Waals surface area contributed by atoms with Crippen LogP contribution in [0.3, 0.4) is 0 Å². The number of hydrogen-bond donors (Lipinski definition) is 1. The van der Waals surface area contributed by atoms with E-state index in [4.69, 9.17) is 0 Å². The number of piperidine rings is 1. The number of nitrogens with one attached hydrogen (secondary N) is 1. The van der Waals surface area contributed by atoms with Crippen LogP contribution in [-0.2, 0) is 10.3 Å². The molecule has 2 heterocycles. The van der Waals surface area contributed by atoms with Crippen LogP contribution in [0.4, 0.5) is 0 Å². The van der Waals surface area contributed by atoms with Gasteiger partial charge in [0, 0.05) is 33.0 Å². The van der Waals surface area contributed by atoms with Crippen LogP contribution in [0.1, 0.15) is 12.8 Å². The first-order chi connectivity index (χ1) is 7.67. The van der Waals surface area contributed by atoms with E-state index in [1.165, 1.54) is 0 Å². The number of carbonyl (C=O) groups is 1. The van der Waals surface area contributed by atoms with E-state index in [0.29, 0.717) is 6.54 Å². The van der Waals surface area contributed by atoms with Crippen molar-refractivity contribution in [2.24, 2.45) is 0 Å². The minimum atomic E-state index is -0.488. The summed E-state index contributed by atoms with van der Waals surface area (Å²) in [4.78, 5) is 18.1. The van der Waals surface area contributed by atoms with Crippen LogP contribution in [0.25, 0.3) is 0 Å². The van der Waals surface area contributed by atoms with Crippen LogP contribution >= 0.6 is 24.8 Å². The fourth-order valence-electron chi connectivity index (χ4n) is 2.33. The van der Waals surface area contributed by atoms with Gasteiger partial charge in [0.05, 0.1) is 6.33 Å². The summed E-state index contributed by atoms with van der Waals surface area (Å²) in [7, 11) is 3.60. The lowest BCUT2D eigenvalue weighted by Gasteiger charge is -2.39. The van der Waals surface area contributed by atoms with Gasteiger partial charge in [-0.3, -0.25) is 4.79 Å². The molecular formula is C11H20Cl2N4O. The van der Waals surface area contributed by atoms with Gasteiger partial charge in [0.2, 0.25) is 5.91 Å².